The number of benzene rings is 1. The summed E-state index contributed by atoms with van der Waals surface area (Å²) in [7, 11) is 0. The van der Waals surface area contributed by atoms with Crippen molar-refractivity contribution in [2.75, 3.05) is 6.54 Å². The maximum absolute atomic E-state index is 13.2. The van der Waals surface area contributed by atoms with E-state index in [4.69, 9.17) is 16.7 Å². The van der Waals surface area contributed by atoms with Crippen LogP contribution in [0.15, 0.2) is 29.4 Å². The molecule has 158 valence electrons. The number of halogens is 1. The van der Waals surface area contributed by atoms with Crippen LogP contribution in [-0.4, -0.2) is 29.3 Å². The van der Waals surface area contributed by atoms with E-state index in [-0.39, 0.29) is 28.8 Å². The monoisotopic (exact) mass is 415 g/mol. The summed E-state index contributed by atoms with van der Waals surface area (Å²) in [4.78, 5) is 13.2. The van der Waals surface area contributed by atoms with E-state index in [2.05, 4.69) is 45.1 Å². The lowest BCUT2D eigenvalue weighted by atomic mass is 9.69. The number of nitrogens with one attached hydrogen (secondary N) is 1. The molecule has 0 spiro atoms. The summed E-state index contributed by atoms with van der Waals surface area (Å²) >= 11 is 6.07. The van der Waals surface area contributed by atoms with Crippen LogP contribution < -0.4 is 5.32 Å². The first-order chi connectivity index (χ1) is 13.8. The van der Waals surface area contributed by atoms with Crippen LogP contribution in [0.3, 0.4) is 0 Å². The molecule has 2 saturated carbocycles. The first-order valence-electron chi connectivity index (χ1n) is 11.2. The van der Waals surface area contributed by atoms with Crippen molar-refractivity contribution in [3.8, 4) is 0 Å². The van der Waals surface area contributed by atoms with Crippen LogP contribution in [0.2, 0.25) is 5.02 Å². The van der Waals surface area contributed by atoms with Crippen LogP contribution in [0, 0.1) is 16.7 Å². The van der Waals surface area contributed by atoms with Crippen molar-refractivity contribution in [2.24, 2.45) is 21.8 Å². The molecule has 1 heterocycles. The van der Waals surface area contributed by atoms with E-state index in [9.17, 15) is 4.79 Å². The second kappa shape index (κ2) is 7.61. The molecule has 2 bridgehead atoms. The molecule has 5 heteroatoms. The van der Waals surface area contributed by atoms with Gasteiger partial charge in [0.25, 0.3) is 0 Å². The maximum Gasteiger partial charge on any atom is 0.338 e. The van der Waals surface area contributed by atoms with Crippen LogP contribution >= 0.6 is 11.6 Å². The standard InChI is InChI=1S/C24H34ClN3O/c1-5-6-7-20-19(16-8-10-18(25)11-9-16)15-28(27-20)22(29)26-21-14-17-12-13-24(21,4)23(17,2)3/h8-11,17,19,21H,5-7,12-15H2,1-4H3,(H,26,29)/t17-,19+,21-,24-/m0/s1. The summed E-state index contributed by atoms with van der Waals surface area (Å²) in [6.07, 6.45) is 6.73. The Hall–Kier alpha value is -1.55. The highest BCUT2D eigenvalue weighted by Gasteiger charge is 2.61. The van der Waals surface area contributed by atoms with E-state index in [1.807, 2.05) is 12.1 Å². The molecule has 3 aliphatic rings. The number of hydrazone groups is 1. The topological polar surface area (TPSA) is 44.7 Å². The van der Waals surface area contributed by atoms with Gasteiger partial charge in [-0.2, -0.15) is 5.10 Å². The van der Waals surface area contributed by atoms with Crippen molar-refractivity contribution in [1.82, 2.24) is 10.3 Å². The van der Waals surface area contributed by atoms with E-state index in [0.717, 1.165) is 36.4 Å². The number of nitrogens with zero attached hydrogens (tertiary/aromatic N) is 2. The van der Waals surface area contributed by atoms with Gasteiger partial charge in [0.2, 0.25) is 0 Å². The zero-order valence-electron chi connectivity index (χ0n) is 18.2. The molecule has 2 amide bonds. The van der Waals surface area contributed by atoms with Gasteiger partial charge in [-0.05, 0) is 66.5 Å². The number of hydrogen-bond donors (Lipinski definition) is 1. The fraction of sp³-hybridized carbons (Fsp3) is 0.667. The Bertz CT molecular complexity index is 803. The Morgan fingerprint density at radius 3 is 2.59 bits per heavy atom. The molecule has 4 atom stereocenters. The molecule has 2 fully saturated rings. The Morgan fingerprint density at radius 2 is 2.00 bits per heavy atom. The van der Waals surface area contributed by atoms with Crippen molar-refractivity contribution in [3.05, 3.63) is 34.9 Å². The number of unbranched alkanes of at least 4 members (excludes halogenated alkanes) is 1. The minimum absolute atomic E-state index is 0.0370. The Morgan fingerprint density at radius 1 is 1.28 bits per heavy atom. The van der Waals surface area contributed by atoms with Crippen LogP contribution in [0.5, 0.6) is 0 Å². The van der Waals surface area contributed by atoms with Gasteiger partial charge < -0.3 is 5.32 Å². The van der Waals surface area contributed by atoms with Gasteiger partial charge in [0, 0.05) is 22.7 Å². The lowest BCUT2D eigenvalue weighted by Gasteiger charge is -2.39. The summed E-state index contributed by atoms with van der Waals surface area (Å²) in [6.45, 7) is 9.92. The van der Waals surface area contributed by atoms with E-state index < -0.39 is 0 Å². The third kappa shape index (κ3) is 3.48. The highest BCUT2D eigenvalue weighted by atomic mass is 35.5. The van der Waals surface area contributed by atoms with Crippen molar-refractivity contribution in [1.29, 1.82) is 0 Å². The molecule has 0 unspecified atom stereocenters. The van der Waals surface area contributed by atoms with Crippen LogP contribution in [0.1, 0.15) is 77.7 Å². The predicted molar refractivity (Wildman–Crippen MR) is 119 cm³/mol. The van der Waals surface area contributed by atoms with Crippen LogP contribution in [0.25, 0.3) is 0 Å². The predicted octanol–water partition coefficient (Wildman–Crippen LogP) is 6.21. The van der Waals surface area contributed by atoms with E-state index >= 15 is 0 Å². The van der Waals surface area contributed by atoms with Crippen molar-refractivity contribution >= 4 is 23.3 Å². The van der Waals surface area contributed by atoms with E-state index in [1.54, 1.807) is 5.01 Å². The molecule has 1 N–H and O–H groups in total. The number of fused-ring (bicyclic) bond motifs is 2. The van der Waals surface area contributed by atoms with Gasteiger partial charge in [0.05, 0.1) is 6.54 Å². The van der Waals surface area contributed by atoms with Gasteiger partial charge in [-0.15, -0.1) is 0 Å². The highest BCUT2D eigenvalue weighted by molar-refractivity contribution is 6.30. The van der Waals surface area contributed by atoms with Gasteiger partial charge >= 0.3 is 6.03 Å². The second-order valence-corrected chi connectivity index (χ2v) is 10.4. The number of hydrogen-bond acceptors (Lipinski definition) is 2. The van der Waals surface area contributed by atoms with Gasteiger partial charge in [-0.25, -0.2) is 9.80 Å². The zero-order valence-corrected chi connectivity index (χ0v) is 18.9. The molecule has 4 rings (SSSR count). The number of urea groups is 1. The molecule has 1 aromatic carbocycles. The number of rotatable bonds is 5. The Kier molecular flexibility index (Phi) is 5.43. The van der Waals surface area contributed by atoms with Crippen LogP contribution in [0.4, 0.5) is 4.79 Å². The normalized spacial score (nSPS) is 32.5. The van der Waals surface area contributed by atoms with Gasteiger partial charge in [0.1, 0.15) is 0 Å². The Balaban J connectivity index is 1.49. The average Bonchev–Trinajstić information content (AvgIpc) is 3.26. The summed E-state index contributed by atoms with van der Waals surface area (Å²) in [5, 5.41) is 10.5. The third-order valence-electron chi connectivity index (χ3n) is 8.39. The van der Waals surface area contributed by atoms with Crippen molar-refractivity contribution < 1.29 is 4.79 Å². The van der Waals surface area contributed by atoms with Gasteiger partial charge in [-0.1, -0.05) is 57.8 Å². The lowest BCUT2D eigenvalue weighted by molar-refractivity contribution is 0.118. The van der Waals surface area contributed by atoms with E-state index in [1.165, 1.54) is 18.4 Å². The SMILES string of the molecule is CCCCC1=NN(C(=O)N[C@H]2C[C@@H]3CC[C@]2(C)C3(C)C)C[C@@H]1c1ccc(Cl)cc1. The number of carbonyl (C=O) groups is 1. The molecule has 1 aromatic rings. The molecular weight excluding hydrogens is 382 g/mol. The fourth-order valence-electron chi connectivity index (χ4n) is 5.89. The van der Waals surface area contributed by atoms with Gasteiger partial charge in [-0.3, -0.25) is 0 Å². The molecule has 29 heavy (non-hydrogen) atoms. The number of carbonyl (C=O) groups excluding carboxylic acids is 1. The summed E-state index contributed by atoms with van der Waals surface area (Å²) in [6, 6.07) is 8.19. The summed E-state index contributed by atoms with van der Waals surface area (Å²) < 4.78 is 0. The molecule has 0 radical (unpaired) electrons. The minimum atomic E-state index is -0.0370. The smallest absolute Gasteiger partial charge is 0.333 e. The van der Waals surface area contributed by atoms with E-state index in [0.29, 0.717) is 12.5 Å². The van der Waals surface area contributed by atoms with Crippen molar-refractivity contribution in [2.45, 2.75) is 78.2 Å². The fourth-order valence-corrected chi connectivity index (χ4v) is 6.02. The summed E-state index contributed by atoms with van der Waals surface area (Å²) in [5.74, 6) is 0.874. The average molecular weight is 416 g/mol. The minimum Gasteiger partial charge on any atom is -0.333 e. The first kappa shape index (κ1) is 20.7. The first-order valence-corrected chi connectivity index (χ1v) is 11.5. The molecule has 1 aliphatic heterocycles. The quantitative estimate of drug-likeness (QED) is 0.610. The largest absolute Gasteiger partial charge is 0.338 e. The lowest BCUT2D eigenvalue weighted by Crippen LogP contribution is -2.50. The third-order valence-corrected chi connectivity index (χ3v) is 8.64. The maximum atomic E-state index is 13.2. The van der Waals surface area contributed by atoms with Crippen molar-refractivity contribution in [3.63, 3.8) is 0 Å². The zero-order chi connectivity index (χ0) is 20.8. The summed E-state index contributed by atoms with van der Waals surface area (Å²) in [5.41, 5.74) is 2.77. The molecular formula is C24H34ClN3O. The Labute approximate surface area is 180 Å². The molecule has 4 nitrogen and oxygen atoms in total. The van der Waals surface area contributed by atoms with Crippen LogP contribution in [-0.2, 0) is 0 Å². The molecule has 2 aliphatic carbocycles. The molecule has 0 aromatic heterocycles. The number of amides is 2. The molecule has 0 saturated heterocycles. The van der Waals surface area contributed by atoms with Gasteiger partial charge in [0.15, 0.2) is 0 Å². The second-order valence-electron chi connectivity index (χ2n) is 9.99. The highest BCUT2D eigenvalue weighted by Crippen LogP contribution is 2.65.